The van der Waals surface area contributed by atoms with Gasteiger partial charge in [0.2, 0.25) is 11.7 Å². The summed E-state index contributed by atoms with van der Waals surface area (Å²) in [6, 6.07) is 13.6. The fraction of sp³-hybridized carbons (Fsp3) is 0.294. The number of aromatic nitrogens is 4. The standard InChI is InChI=1S/C34H35FN6O3S/c1-5-29(42)36-18-28-37-34(40-39-28)32-30(25-9-8-24(35)17-27(25)44-14-13-43-4)33-26(11-15-45-33)31(38-32)22-6-7-23-19-41(20(2)3)12-10-21(23)16-22/h5-9,11,15-17,20H,1,10,12-14,18-19H2,2-4H3,(H,36,42)(H,37,39,40). The Kier molecular flexibility index (Phi) is 9.02. The summed E-state index contributed by atoms with van der Waals surface area (Å²) in [6.45, 7) is 10.6. The van der Waals surface area contributed by atoms with Crippen LogP contribution in [0.4, 0.5) is 4.39 Å². The van der Waals surface area contributed by atoms with Crippen molar-refractivity contribution in [3.63, 3.8) is 0 Å². The molecule has 232 valence electrons. The van der Waals surface area contributed by atoms with Crippen LogP contribution in [0, 0.1) is 5.82 Å². The number of amides is 1. The van der Waals surface area contributed by atoms with Crippen molar-refractivity contribution in [2.45, 2.75) is 39.4 Å². The molecule has 2 aromatic carbocycles. The van der Waals surface area contributed by atoms with E-state index < -0.39 is 5.82 Å². The van der Waals surface area contributed by atoms with Gasteiger partial charge in [-0.2, -0.15) is 5.10 Å². The van der Waals surface area contributed by atoms with Crippen LogP contribution in [0.3, 0.4) is 0 Å². The van der Waals surface area contributed by atoms with Gasteiger partial charge >= 0.3 is 0 Å². The Labute approximate surface area is 265 Å². The van der Waals surface area contributed by atoms with E-state index >= 15 is 0 Å². The van der Waals surface area contributed by atoms with Crippen LogP contribution in [0.2, 0.25) is 0 Å². The Morgan fingerprint density at radius 3 is 2.82 bits per heavy atom. The van der Waals surface area contributed by atoms with Crippen molar-refractivity contribution < 1.29 is 18.7 Å². The van der Waals surface area contributed by atoms with Gasteiger partial charge in [0, 0.05) is 59.1 Å². The number of aromatic amines is 1. The molecule has 9 nitrogen and oxygen atoms in total. The summed E-state index contributed by atoms with van der Waals surface area (Å²) < 4.78 is 26.7. The molecule has 0 bridgehead atoms. The van der Waals surface area contributed by atoms with Crippen molar-refractivity contribution in [1.82, 2.24) is 30.4 Å². The van der Waals surface area contributed by atoms with E-state index in [1.54, 1.807) is 24.5 Å². The maximum absolute atomic E-state index is 14.5. The highest BCUT2D eigenvalue weighted by Crippen LogP contribution is 2.45. The first kappa shape index (κ1) is 30.6. The zero-order valence-electron chi connectivity index (χ0n) is 25.5. The van der Waals surface area contributed by atoms with E-state index in [9.17, 15) is 9.18 Å². The number of H-pyrrole nitrogens is 1. The maximum atomic E-state index is 14.5. The second-order valence-corrected chi connectivity index (χ2v) is 12.1. The van der Waals surface area contributed by atoms with Gasteiger partial charge in [0.25, 0.3) is 0 Å². The highest BCUT2D eigenvalue weighted by atomic mass is 32.1. The Bertz CT molecular complexity index is 1870. The average molecular weight is 627 g/mol. The van der Waals surface area contributed by atoms with Crippen molar-refractivity contribution in [3.8, 4) is 39.7 Å². The van der Waals surface area contributed by atoms with E-state index in [0.717, 1.165) is 46.4 Å². The zero-order valence-corrected chi connectivity index (χ0v) is 26.3. The number of hydrogen-bond acceptors (Lipinski definition) is 8. The number of ether oxygens (including phenoxy) is 2. The third kappa shape index (κ3) is 6.37. The summed E-state index contributed by atoms with van der Waals surface area (Å²) in [5.41, 5.74) is 6.40. The predicted octanol–water partition coefficient (Wildman–Crippen LogP) is 6.15. The fourth-order valence-electron chi connectivity index (χ4n) is 5.60. The van der Waals surface area contributed by atoms with Crippen molar-refractivity contribution in [2.75, 3.05) is 26.9 Å². The second-order valence-electron chi connectivity index (χ2n) is 11.2. The summed E-state index contributed by atoms with van der Waals surface area (Å²) in [4.78, 5) is 24.2. The lowest BCUT2D eigenvalue weighted by atomic mass is 9.93. The van der Waals surface area contributed by atoms with E-state index in [2.05, 4.69) is 65.1 Å². The number of nitrogens with zero attached hydrogens (tertiary/aromatic N) is 4. The van der Waals surface area contributed by atoms with Crippen LogP contribution in [0.5, 0.6) is 5.75 Å². The first-order valence-corrected chi connectivity index (χ1v) is 15.7. The van der Waals surface area contributed by atoms with Gasteiger partial charge in [0.05, 0.1) is 18.8 Å². The van der Waals surface area contributed by atoms with Crippen LogP contribution in [-0.4, -0.2) is 63.9 Å². The van der Waals surface area contributed by atoms with Crippen LogP contribution in [0.1, 0.15) is 30.8 Å². The molecule has 5 aromatic rings. The normalized spacial score (nSPS) is 13.3. The van der Waals surface area contributed by atoms with Gasteiger partial charge in [-0.1, -0.05) is 18.7 Å². The smallest absolute Gasteiger partial charge is 0.243 e. The summed E-state index contributed by atoms with van der Waals surface area (Å²) in [5, 5.41) is 13.2. The van der Waals surface area contributed by atoms with Crippen molar-refractivity contribution >= 4 is 27.3 Å². The summed E-state index contributed by atoms with van der Waals surface area (Å²) >= 11 is 1.57. The molecule has 0 saturated carbocycles. The molecule has 0 atom stereocenters. The molecular weight excluding hydrogens is 591 g/mol. The van der Waals surface area contributed by atoms with Crippen molar-refractivity contribution in [1.29, 1.82) is 0 Å². The summed E-state index contributed by atoms with van der Waals surface area (Å²) in [7, 11) is 1.59. The van der Waals surface area contributed by atoms with E-state index in [0.29, 0.717) is 41.3 Å². The molecule has 11 heteroatoms. The molecule has 1 amide bonds. The number of nitrogens with one attached hydrogen (secondary N) is 2. The van der Waals surface area contributed by atoms with Crippen LogP contribution in [0.15, 0.2) is 60.5 Å². The number of carbonyl (C=O) groups excluding carboxylic acids is 1. The zero-order chi connectivity index (χ0) is 31.5. The van der Waals surface area contributed by atoms with Crippen LogP contribution < -0.4 is 10.1 Å². The van der Waals surface area contributed by atoms with Crippen LogP contribution in [-0.2, 0) is 29.0 Å². The summed E-state index contributed by atoms with van der Waals surface area (Å²) in [6.07, 6.45) is 2.17. The van der Waals surface area contributed by atoms with Gasteiger partial charge in [-0.3, -0.25) is 14.8 Å². The minimum atomic E-state index is -0.414. The van der Waals surface area contributed by atoms with Gasteiger partial charge in [-0.05, 0) is 67.1 Å². The van der Waals surface area contributed by atoms with E-state index in [4.69, 9.17) is 19.4 Å². The Morgan fingerprint density at radius 2 is 2.02 bits per heavy atom. The molecule has 0 fully saturated rings. The Morgan fingerprint density at radius 1 is 1.16 bits per heavy atom. The molecule has 0 spiro atoms. The number of fused-ring (bicyclic) bond motifs is 2. The number of pyridine rings is 1. The molecule has 0 unspecified atom stereocenters. The molecule has 6 rings (SSSR count). The lowest BCUT2D eigenvalue weighted by Crippen LogP contribution is -2.35. The molecule has 45 heavy (non-hydrogen) atoms. The third-order valence-electron chi connectivity index (χ3n) is 7.98. The highest BCUT2D eigenvalue weighted by Gasteiger charge is 2.25. The number of rotatable bonds is 11. The molecule has 4 heterocycles. The number of carbonyl (C=O) groups is 1. The van der Waals surface area contributed by atoms with Crippen LogP contribution >= 0.6 is 11.3 Å². The van der Waals surface area contributed by atoms with Gasteiger partial charge in [-0.25, -0.2) is 14.4 Å². The SMILES string of the molecule is C=CC(=O)NCc1nc(-c2nc(-c3ccc4c(c3)CCN(C(C)C)C4)c3ccsc3c2-c2ccc(F)cc2OCCOC)n[nH]1. The molecule has 1 aliphatic heterocycles. The molecule has 0 radical (unpaired) electrons. The van der Waals surface area contributed by atoms with Crippen molar-refractivity contribution in [3.05, 3.63) is 83.3 Å². The fourth-order valence-corrected chi connectivity index (χ4v) is 6.56. The molecule has 3 aromatic heterocycles. The van der Waals surface area contributed by atoms with Gasteiger partial charge in [0.15, 0.2) is 0 Å². The largest absolute Gasteiger partial charge is 0.490 e. The molecule has 0 saturated heterocycles. The Balaban J connectivity index is 1.52. The number of benzene rings is 2. The first-order chi connectivity index (χ1) is 21.9. The van der Waals surface area contributed by atoms with Gasteiger partial charge in [-0.15, -0.1) is 11.3 Å². The van der Waals surface area contributed by atoms with E-state index in [1.165, 1.54) is 29.3 Å². The third-order valence-corrected chi connectivity index (χ3v) is 8.91. The molecule has 1 aliphatic rings. The maximum Gasteiger partial charge on any atom is 0.243 e. The second kappa shape index (κ2) is 13.3. The lowest BCUT2D eigenvalue weighted by molar-refractivity contribution is -0.116. The average Bonchev–Trinajstić information content (AvgIpc) is 3.73. The minimum Gasteiger partial charge on any atom is -0.490 e. The first-order valence-electron chi connectivity index (χ1n) is 14.9. The van der Waals surface area contributed by atoms with Crippen molar-refractivity contribution in [2.24, 2.45) is 0 Å². The number of hydrogen-bond donors (Lipinski definition) is 2. The van der Waals surface area contributed by atoms with E-state index in [-0.39, 0.29) is 19.1 Å². The summed E-state index contributed by atoms with van der Waals surface area (Å²) in [5.74, 6) is 0.446. The predicted molar refractivity (Wildman–Crippen MR) is 174 cm³/mol. The van der Waals surface area contributed by atoms with Gasteiger partial charge < -0.3 is 14.8 Å². The quantitative estimate of drug-likeness (QED) is 0.134. The highest BCUT2D eigenvalue weighted by molar-refractivity contribution is 7.18. The molecule has 0 aliphatic carbocycles. The topological polar surface area (TPSA) is 105 Å². The minimum absolute atomic E-state index is 0.140. The monoisotopic (exact) mass is 626 g/mol. The molecule has 2 N–H and O–H groups in total. The van der Waals surface area contributed by atoms with E-state index in [1.807, 2.05) is 5.38 Å². The van der Waals surface area contributed by atoms with Crippen LogP contribution in [0.25, 0.3) is 44.0 Å². The number of thiophene rings is 1. The Hall–Kier alpha value is -4.45. The van der Waals surface area contributed by atoms with Gasteiger partial charge in [0.1, 0.15) is 29.7 Å². The number of halogens is 1. The molecular formula is C34H35FN6O3S. The lowest BCUT2D eigenvalue weighted by Gasteiger charge is -2.32. The number of methoxy groups -OCH3 is 1.